The zero-order valence-electron chi connectivity index (χ0n) is 21.4. The summed E-state index contributed by atoms with van der Waals surface area (Å²) in [6, 6.07) is 21.3. The van der Waals surface area contributed by atoms with Gasteiger partial charge in [0.05, 0.1) is 36.2 Å². The molecule has 4 aromatic rings. The van der Waals surface area contributed by atoms with E-state index in [0.717, 1.165) is 4.31 Å². The summed E-state index contributed by atoms with van der Waals surface area (Å²) in [4.78, 5) is 26.5. The average Bonchev–Trinajstić information content (AvgIpc) is 3.14. The maximum atomic E-state index is 13.7. The fourth-order valence-electron chi connectivity index (χ4n) is 4.03. The number of amides is 1. The van der Waals surface area contributed by atoms with Crippen molar-refractivity contribution >= 4 is 27.3 Å². The number of benzene rings is 3. The normalized spacial score (nSPS) is 11.2. The zero-order chi connectivity index (χ0) is 27.4. The van der Waals surface area contributed by atoms with Crippen LogP contribution in [-0.2, 0) is 21.9 Å². The molecule has 0 bridgehead atoms. The van der Waals surface area contributed by atoms with E-state index in [4.69, 9.17) is 9.47 Å². The first kappa shape index (κ1) is 26.6. The summed E-state index contributed by atoms with van der Waals surface area (Å²) >= 11 is 0. The van der Waals surface area contributed by atoms with Crippen LogP contribution in [-0.4, -0.2) is 44.5 Å². The third-order valence-electron chi connectivity index (χ3n) is 6.11. The second-order valence-corrected chi connectivity index (χ2v) is 10.2. The van der Waals surface area contributed by atoms with Gasteiger partial charge in [0, 0.05) is 7.05 Å². The van der Waals surface area contributed by atoms with Crippen LogP contribution >= 0.6 is 0 Å². The Morgan fingerprint density at radius 3 is 2.18 bits per heavy atom. The molecule has 0 unspecified atom stereocenters. The van der Waals surface area contributed by atoms with E-state index in [2.05, 4.69) is 5.32 Å². The van der Waals surface area contributed by atoms with E-state index < -0.39 is 28.0 Å². The first-order valence-electron chi connectivity index (χ1n) is 11.6. The van der Waals surface area contributed by atoms with Crippen LogP contribution in [0.4, 0.5) is 11.4 Å². The van der Waals surface area contributed by atoms with Crippen LogP contribution in [0.2, 0.25) is 0 Å². The molecule has 4 rings (SSSR count). The topological polar surface area (TPSA) is 112 Å². The number of hydrogen-bond acceptors (Lipinski definition) is 6. The molecule has 0 saturated carbocycles. The van der Waals surface area contributed by atoms with Crippen LogP contribution in [0.3, 0.4) is 0 Å². The number of aromatic nitrogens is 2. The van der Waals surface area contributed by atoms with Gasteiger partial charge in [-0.2, -0.15) is 0 Å². The molecule has 0 aliphatic heterocycles. The standard InChI is InChI=1S/C27H28N4O6S/c1-19-26(27(33)31(29(19)2)20-10-6-5-7-11-20)28-25(32)18-30(23-12-8-9-13-24(23)37-4)38(34,35)22-16-14-21(36-3)15-17-22/h5-17H,18H2,1-4H3,(H,28,32). The molecular formula is C27H28N4O6S. The van der Waals surface area contributed by atoms with Crippen molar-refractivity contribution in [2.75, 3.05) is 30.4 Å². The highest BCUT2D eigenvalue weighted by molar-refractivity contribution is 7.92. The van der Waals surface area contributed by atoms with Crippen LogP contribution in [0.5, 0.6) is 11.5 Å². The number of rotatable bonds is 9. The predicted molar refractivity (Wildman–Crippen MR) is 145 cm³/mol. The lowest BCUT2D eigenvalue weighted by molar-refractivity contribution is -0.114. The number of methoxy groups -OCH3 is 2. The number of anilines is 2. The smallest absolute Gasteiger partial charge is 0.295 e. The second-order valence-electron chi connectivity index (χ2n) is 8.34. The molecule has 0 spiro atoms. The van der Waals surface area contributed by atoms with E-state index in [9.17, 15) is 18.0 Å². The van der Waals surface area contributed by atoms with E-state index >= 15 is 0 Å². The number of hydrogen-bond donors (Lipinski definition) is 1. The fourth-order valence-corrected chi connectivity index (χ4v) is 5.46. The molecule has 198 valence electrons. The molecule has 0 saturated heterocycles. The Hall–Kier alpha value is -4.51. The number of carbonyl (C=O) groups is 1. The van der Waals surface area contributed by atoms with E-state index in [1.54, 1.807) is 67.2 Å². The van der Waals surface area contributed by atoms with Gasteiger partial charge in [-0.25, -0.2) is 13.1 Å². The summed E-state index contributed by atoms with van der Waals surface area (Å²) in [6.07, 6.45) is 0. The van der Waals surface area contributed by atoms with Crippen molar-refractivity contribution < 1.29 is 22.7 Å². The number of sulfonamides is 1. The molecule has 10 nitrogen and oxygen atoms in total. The largest absolute Gasteiger partial charge is 0.497 e. The summed E-state index contributed by atoms with van der Waals surface area (Å²) in [5.41, 5.74) is 0.928. The molecule has 11 heteroatoms. The molecule has 0 fully saturated rings. The quantitative estimate of drug-likeness (QED) is 0.351. The van der Waals surface area contributed by atoms with Crippen LogP contribution in [0.15, 0.2) is 88.6 Å². The summed E-state index contributed by atoms with van der Waals surface area (Å²) in [6.45, 7) is 1.09. The van der Waals surface area contributed by atoms with Crippen molar-refractivity contribution in [3.63, 3.8) is 0 Å². The number of nitrogens with one attached hydrogen (secondary N) is 1. The maximum absolute atomic E-state index is 13.7. The number of para-hydroxylation sites is 3. The van der Waals surface area contributed by atoms with Crippen LogP contribution in [0, 0.1) is 6.92 Å². The Morgan fingerprint density at radius 1 is 0.921 bits per heavy atom. The molecule has 0 aliphatic rings. The number of carbonyl (C=O) groups excluding carboxylic acids is 1. The van der Waals surface area contributed by atoms with Gasteiger partial charge in [0.15, 0.2) is 0 Å². The molecule has 1 heterocycles. The number of ether oxygens (including phenoxy) is 2. The molecule has 0 aliphatic carbocycles. The monoisotopic (exact) mass is 536 g/mol. The third kappa shape index (κ3) is 5.00. The van der Waals surface area contributed by atoms with Gasteiger partial charge in [0.2, 0.25) is 5.91 Å². The van der Waals surface area contributed by atoms with Gasteiger partial charge in [-0.05, 0) is 55.5 Å². The van der Waals surface area contributed by atoms with Gasteiger partial charge >= 0.3 is 0 Å². The average molecular weight is 537 g/mol. The summed E-state index contributed by atoms with van der Waals surface area (Å²) < 4.78 is 42.0. The Bertz CT molecular complexity index is 1610. The first-order valence-corrected chi connectivity index (χ1v) is 13.1. The lowest BCUT2D eigenvalue weighted by atomic mass is 10.3. The lowest BCUT2D eigenvalue weighted by Crippen LogP contribution is -2.39. The van der Waals surface area contributed by atoms with Gasteiger partial charge in [-0.1, -0.05) is 30.3 Å². The maximum Gasteiger partial charge on any atom is 0.295 e. The van der Waals surface area contributed by atoms with Gasteiger partial charge in [-0.15, -0.1) is 0 Å². The lowest BCUT2D eigenvalue weighted by Gasteiger charge is -2.25. The van der Waals surface area contributed by atoms with Crippen molar-refractivity contribution in [2.24, 2.45) is 7.05 Å². The van der Waals surface area contributed by atoms with E-state index in [0.29, 0.717) is 17.1 Å². The van der Waals surface area contributed by atoms with Crippen LogP contribution in [0.25, 0.3) is 5.69 Å². The first-order chi connectivity index (χ1) is 18.2. The minimum Gasteiger partial charge on any atom is -0.497 e. The van der Waals surface area contributed by atoms with Crippen molar-refractivity contribution in [2.45, 2.75) is 11.8 Å². The van der Waals surface area contributed by atoms with Crippen molar-refractivity contribution in [1.29, 1.82) is 0 Å². The predicted octanol–water partition coefficient (Wildman–Crippen LogP) is 3.34. The Morgan fingerprint density at radius 2 is 1.55 bits per heavy atom. The zero-order valence-corrected chi connectivity index (χ0v) is 22.2. The fraction of sp³-hybridized carbons (Fsp3) is 0.185. The van der Waals surface area contributed by atoms with Crippen molar-refractivity contribution in [3.05, 3.63) is 94.9 Å². The SMILES string of the molecule is COc1ccc(S(=O)(=O)N(CC(=O)Nc2c(C)n(C)n(-c3ccccc3)c2=O)c2ccccc2OC)cc1. The molecule has 1 amide bonds. The minimum atomic E-state index is -4.22. The van der Waals surface area contributed by atoms with E-state index in [1.807, 2.05) is 6.07 Å². The molecule has 1 N–H and O–H groups in total. The molecule has 0 radical (unpaired) electrons. The Balaban J connectivity index is 1.72. The number of nitrogens with zero attached hydrogens (tertiary/aromatic N) is 3. The summed E-state index contributed by atoms with van der Waals surface area (Å²) in [5.74, 6) is 0.0542. The Kier molecular flexibility index (Phi) is 7.58. The highest BCUT2D eigenvalue weighted by Crippen LogP contribution is 2.32. The third-order valence-corrected chi connectivity index (χ3v) is 7.88. The highest BCUT2D eigenvalue weighted by atomic mass is 32.2. The van der Waals surface area contributed by atoms with Crippen molar-refractivity contribution in [1.82, 2.24) is 9.36 Å². The molecule has 38 heavy (non-hydrogen) atoms. The molecule has 3 aromatic carbocycles. The van der Waals surface area contributed by atoms with Gasteiger partial charge in [-0.3, -0.25) is 18.6 Å². The molecule has 0 atom stereocenters. The van der Waals surface area contributed by atoms with Crippen LogP contribution < -0.4 is 24.7 Å². The summed E-state index contributed by atoms with van der Waals surface area (Å²) in [5, 5.41) is 2.63. The minimum absolute atomic E-state index is 0.0423. The summed E-state index contributed by atoms with van der Waals surface area (Å²) in [7, 11) is 0.378. The highest BCUT2D eigenvalue weighted by Gasteiger charge is 2.30. The van der Waals surface area contributed by atoms with E-state index in [1.165, 1.54) is 43.2 Å². The van der Waals surface area contributed by atoms with Gasteiger partial charge in [0.1, 0.15) is 23.7 Å². The molecule has 1 aromatic heterocycles. The van der Waals surface area contributed by atoms with Crippen molar-refractivity contribution in [3.8, 4) is 17.2 Å². The second kappa shape index (κ2) is 10.9. The van der Waals surface area contributed by atoms with E-state index in [-0.39, 0.29) is 22.0 Å². The van der Waals surface area contributed by atoms with Crippen LogP contribution in [0.1, 0.15) is 5.69 Å². The Labute approximate surface area is 220 Å². The van der Waals surface area contributed by atoms with Gasteiger partial charge in [0.25, 0.3) is 15.6 Å². The van der Waals surface area contributed by atoms with Gasteiger partial charge < -0.3 is 14.8 Å². The molecular weight excluding hydrogens is 508 g/mol.